The molecule has 1 aromatic rings. The standard InChI is InChI=1S/C19H30N4O2/c1-5-7-14(2)21-18(24)16-8-6-11-23(13-16)19(25)15-9-10-17(20-12-15)22(3)4/h9-10,12,14,16H,5-8,11,13H2,1-4H3,(H,21,24). The molecule has 1 saturated heterocycles. The first-order valence-corrected chi connectivity index (χ1v) is 9.15. The van der Waals surface area contributed by atoms with E-state index >= 15 is 0 Å². The molecule has 0 aliphatic carbocycles. The number of anilines is 1. The number of nitrogens with one attached hydrogen (secondary N) is 1. The van der Waals surface area contributed by atoms with E-state index in [0.29, 0.717) is 18.7 Å². The van der Waals surface area contributed by atoms with Gasteiger partial charge in [-0.1, -0.05) is 13.3 Å². The summed E-state index contributed by atoms with van der Waals surface area (Å²) in [6, 6.07) is 3.83. The minimum Gasteiger partial charge on any atom is -0.363 e. The Balaban J connectivity index is 1.97. The summed E-state index contributed by atoms with van der Waals surface area (Å²) in [5.41, 5.74) is 0.575. The van der Waals surface area contributed by atoms with Crippen LogP contribution in [-0.4, -0.2) is 54.9 Å². The van der Waals surface area contributed by atoms with Crippen LogP contribution in [0, 0.1) is 5.92 Å². The van der Waals surface area contributed by atoms with Crippen molar-refractivity contribution >= 4 is 17.6 Å². The fourth-order valence-corrected chi connectivity index (χ4v) is 3.20. The van der Waals surface area contributed by atoms with Crippen LogP contribution in [0.15, 0.2) is 18.3 Å². The summed E-state index contributed by atoms with van der Waals surface area (Å²) < 4.78 is 0. The van der Waals surface area contributed by atoms with Gasteiger partial charge in [-0.25, -0.2) is 4.98 Å². The highest BCUT2D eigenvalue weighted by Crippen LogP contribution is 2.20. The first kappa shape index (κ1) is 19.2. The van der Waals surface area contributed by atoms with Crippen molar-refractivity contribution in [1.82, 2.24) is 15.2 Å². The summed E-state index contributed by atoms with van der Waals surface area (Å²) in [5.74, 6) is 0.722. The molecule has 1 N–H and O–H groups in total. The second kappa shape index (κ2) is 8.83. The first-order chi connectivity index (χ1) is 11.9. The van der Waals surface area contributed by atoms with E-state index in [1.165, 1.54) is 0 Å². The highest BCUT2D eigenvalue weighted by Gasteiger charge is 2.29. The molecule has 0 spiro atoms. The van der Waals surface area contributed by atoms with Crippen molar-refractivity contribution in [3.05, 3.63) is 23.9 Å². The molecule has 6 nitrogen and oxygen atoms in total. The van der Waals surface area contributed by atoms with Gasteiger partial charge in [0.25, 0.3) is 5.91 Å². The van der Waals surface area contributed by atoms with Crippen molar-refractivity contribution in [2.75, 3.05) is 32.1 Å². The maximum absolute atomic E-state index is 12.7. The lowest BCUT2D eigenvalue weighted by Gasteiger charge is -2.32. The third-order valence-corrected chi connectivity index (χ3v) is 4.64. The largest absolute Gasteiger partial charge is 0.363 e. The van der Waals surface area contributed by atoms with Crippen molar-refractivity contribution in [1.29, 1.82) is 0 Å². The van der Waals surface area contributed by atoms with Gasteiger partial charge in [-0.2, -0.15) is 0 Å². The van der Waals surface area contributed by atoms with Gasteiger partial charge < -0.3 is 15.1 Å². The molecule has 2 unspecified atom stereocenters. The van der Waals surface area contributed by atoms with Crippen LogP contribution in [0.2, 0.25) is 0 Å². The number of carbonyl (C=O) groups excluding carboxylic acids is 2. The van der Waals surface area contributed by atoms with E-state index in [9.17, 15) is 9.59 Å². The fourth-order valence-electron chi connectivity index (χ4n) is 3.20. The van der Waals surface area contributed by atoms with E-state index in [4.69, 9.17) is 0 Å². The van der Waals surface area contributed by atoms with Crippen LogP contribution in [0.1, 0.15) is 49.9 Å². The van der Waals surface area contributed by atoms with Gasteiger partial charge in [0.1, 0.15) is 5.82 Å². The lowest BCUT2D eigenvalue weighted by Crippen LogP contribution is -2.47. The van der Waals surface area contributed by atoms with Crippen LogP contribution in [0.5, 0.6) is 0 Å². The molecule has 1 aromatic heterocycles. The first-order valence-electron chi connectivity index (χ1n) is 9.15. The topological polar surface area (TPSA) is 65.5 Å². The minimum atomic E-state index is -0.119. The Morgan fingerprint density at radius 3 is 2.76 bits per heavy atom. The Labute approximate surface area is 150 Å². The zero-order chi connectivity index (χ0) is 18.4. The molecule has 1 aliphatic heterocycles. The molecule has 2 rings (SSSR count). The maximum atomic E-state index is 12.7. The van der Waals surface area contributed by atoms with E-state index in [2.05, 4.69) is 17.2 Å². The monoisotopic (exact) mass is 346 g/mol. The number of pyridine rings is 1. The number of amides is 2. The molecule has 2 amide bonds. The van der Waals surface area contributed by atoms with Crippen molar-refractivity contribution < 1.29 is 9.59 Å². The number of rotatable bonds is 6. The van der Waals surface area contributed by atoms with Gasteiger partial charge in [-0.3, -0.25) is 9.59 Å². The Hall–Kier alpha value is -2.11. The molecular formula is C19H30N4O2. The lowest BCUT2D eigenvalue weighted by atomic mass is 9.96. The highest BCUT2D eigenvalue weighted by atomic mass is 16.2. The van der Waals surface area contributed by atoms with Crippen molar-refractivity contribution in [3.63, 3.8) is 0 Å². The summed E-state index contributed by atoms with van der Waals surface area (Å²) in [6.07, 6.45) is 5.34. The third kappa shape index (κ3) is 5.18. The number of nitrogens with zero attached hydrogens (tertiary/aromatic N) is 3. The molecule has 6 heteroatoms. The van der Waals surface area contributed by atoms with Crippen molar-refractivity contribution in [3.8, 4) is 0 Å². The molecule has 0 saturated carbocycles. The average Bonchev–Trinajstić information content (AvgIpc) is 2.61. The smallest absolute Gasteiger partial charge is 0.255 e. The molecule has 0 radical (unpaired) electrons. The van der Waals surface area contributed by atoms with E-state index in [1.807, 2.05) is 32.0 Å². The second-order valence-electron chi connectivity index (χ2n) is 7.09. The molecule has 2 atom stereocenters. The Bertz CT molecular complexity index is 586. The Morgan fingerprint density at radius 1 is 1.40 bits per heavy atom. The number of hydrogen-bond donors (Lipinski definition) is 1. The van der Waals surface area contributed by atoms with Crippen LogP contribution in [0.25, 0.3) is 0 Å². The predicted octanol–water partition coefficient (Wildman–Crippen LogP) is 2.30. The zero-order valence-electron chi connectivity index (χ0n) is 15.8. The van der Waals surface area contributed by atoms with Gasteiger partial charge in [-0.05, 0) is 38.3 Å². The summed E-state index contributed by atoms with van der Waals surface area (Å²) in [5, 5.41) is 3.07. The zero-order valence-corrected chi connectivity index (χ0v) is 15.8. The summed E-state index contributed by atoms with van der Waals surface area (Å²) in [6.45, 7) is 5.33. The number of carbonyl (C=O) groups is 2. The molecular weight excluding hydrogens is 316 g/mol. The maximum Gasteiger partial charge on any atom is 0.255 e. The third-order valence-electron chi connectivity index (χ3n) is 4.64. The van der Waals surface area contributed by atoms with Gasteiger partial charge in [-0.15, -0.1) is 0 Å². The predicted molar refractivity (Wildman–Crippen MR) is 99.7 cm³/mol. The van der Waals surface area contributed by atoms with Gasteiger partial charge in [0.05, 0.1) is 11.5 Å². The van der Waals surface area contributed by atoms with Crippen molar-refractivity contribution in [2.24, 2.45) is 5.92 Å². The summed E-state index contributed by atoms with van der Waals surface area (Å²) in [7, 11) is 3.83. The molecule has 0 bridgehead atoms. The van der Waals surface area contributed by atoms with E-state index < -0.39 is 0 Å². The van der Waals surface area contributed by atoms with Crippen LogP contribution >= 0.6 is 0 Å². The van der Waals surface area contributed by atoms with E-state index in [0.717, 1.165) is 31.5 Å². The molecule has 25 heavy (non-hydrogen) atoms. The van der Waals surface area contributed by atoms with Crippen LogP contribution in [0.3, 0.4) is 0 Å². The van der Waals surface area contributed by atoms with Gasteiger partial charge >= 0.3 is 0 Å². The highest BCUT2D eigenvalue weighted by molar-refractivity contribution is 5.94. The average molecular weight is 346 g/mol. The number of piperidine rings is 1. The molecule has 1 fully saturated rings. The van der Waals surface area contributed by atoms with E-state index in [-0.39, 0.29) is 23.8 Å². The lowest BCUT2D eigenvalue weighted by molar-refractivity contribution is -0.127. The van der Waals surface area contributed by atoms with Crippen LogP contribution in [0.4, 0.5) is 5.82 Å². The van der Waals surface area contributed by atoms with Crippen molar-refractivity contribution in [2.45, 2.75) is 45.6 Å². The van der Waals surface area contributed by atoms with Gasteiger partial charge in [0.2, 0.25) is 5.91 Å². The summed E-state index contributed by atoms with van der Waals surface area (Å²) >= 11 is 0. The molecule has 2 heterocycles. The normalized spacial score (nSPS) is 18.6. The van der Waals surface area contributed by atoms with Gasteiger partial charge in [0, 0.05) is 39.4 Å². The molecule has 0 aromatic carbocycles. The number of likely N-dealkylation sites (tertiary alicyclic amines) is 1. The van der Waals surface area contributed by atoms with Gasteiger partial charge in [0.15, 0.2) is 0 Å². The molecule has 138 valence electrons. The minimum absolute atomic E-state index is 0.0445. The SMILES string of the molecule is CCCC(C)NC(=O)C1CCCN(C(=O)c2ccc(N(C)C)nc2)C1. The number of aromatic nitrogens is 1. The second-order valence-corrected chi connectivity index (χ2v) is 7.09. The fraction of sp³-hybridized carbons (Fsp3) is 0.632. The summed E-state index contributed by atoms with van der Waals surface area (Å²) in [4.78, 5) is 33.1. The Kier molecular flexibility index (Phi) is 6.79. The number of hydrogen-bond acceptors (Lipinski definition) is 4. The van der Waals surface area contributed by atoms with Crippen LogP contribution < -0.4 is 10.2 Å². The Morgan fingerprint density at radius 2 is 2.16 bits per heavy atom. The van der Waals surface area contributed by atoms with E-state index in [1.54, 1.807) is 17.2 Å². The van der Waals surface area contributed by atoms with Crippen LogP contribution in [-0.2, 0) is 4.79 Å². The quantitative estimate of drug-likeness (QED) is 0.858. The molecule has 1 aliphatic rings.